The predicted octanol–water partition coefficient (Wildman–Crippen LogP) is 4.48. The molecule has 9 nitrogen and oxygen atoms in total. The first-order valence-corrected chi connectivity index (χ1v) is 13.1. The van der Waals surface area contributed by atoms with Crippen molar-refractivity contribution in [2.24, 2.45) is 5.73 Å². The zero-order chi connectivity index (χ0) is 24.2. The van der Waals surface area contributed by atoms with E-state index in [9.17, 15) is 9.59 Å². The van der Waals surface area contributed by atoms with Gasteiger partial charge in [-0.2, -0.15) is 5.10 Å². The lowest BCUT2D eigenvalue weighted by molar-refractivity contribution is 0.0590. The van der Waals surface area contributed by atoms with Gasteiger partial charge in [0.1, 0.15) is 12.1 Å². The molecule has 2 unspecified atom stereocenters. The number of fused-ring (bicyclic) bond motifs is 5. The quantitative estimate of drug-likeness (QED) is 0.293. The smallest absolute Gasteiger partial charge is 0.410 e. The number of carbonyl (C=O) groups is 2. The molecule has 0 aliphatic carbocycles. The van der Waals surface area contributed by atoms with Crippen LogP contribution in [0.25, 0.3) is 21.8 Å². The lowest BCUT2D eigenvalue weighted by Crippen LogP contribution is -2.47. The molecule has 2 amide bonds. The van der Waals surface area contributed by atoms with Crippen LogP contribution in [-0.4, -0.2) is 65.4 Å². The van der Waals surface area contributed by atoms with E-state index in [4.69, 9.17) is 50.3 Å². The molecule has 0 saturated carbocycles. The molecule has 34 heavy (non-hydrogen) atoms. The van der Waals surface area contributed by atoms with Crippen LogP contribution in [0.15, 0.2) is 23.5 Å². The number of rotatable bonds is 4. The SMILES string of the molecule is CSc1ncc2ccc3c(C(N)=O)nn(C4CC5CCC(C4)N5C(=O)OCC(Cl)(Cl)Cl)c3c2n1. The van der Waals surface area contributed by atoms with Gasteiger partial charge in [0.25, 0.3) is 5.91 Å². The average molecular weight is 544 g/mol. The van der Waals surface area contributed by atoms with Crippen LogP contribution in [0.3, 0.4) is 0 Å². The Morgan fingerprint density at radius 1 is 1.21 bits per heavy atom. The highest BCUT2D eigenvalue weighted by atomic mass is 35.6. The number of alkyl halides is 3. The van der Waals surface area contributed by atoms with Gasteiger partial charge in [-0.05, 0) is 38.0 Å². The summed E-state index contributed by atoms with van der Waals surface area (Å²) in [6.07, 6.45) is 6.15. The van der Waals surface area contributed by atoms with E-state index in [-0.39, 0.29) is 30.4 Å². The van der Waals surface area contributed by atoms with Crippen molar-refractivity contribution in [3.05, 3.63) is 24.0 Å². The van der Waals surface area contributed by atoms with Crippen molar-refractivity contribution in [1.82, 2.24) is 24.6 Å². The third-order valence-electron chi connectivity index (χ3n) is 6.44. The predicted molar refractivity (Wildman–Crippen MR) is 132 cm³/mol. The number of primary amides is 1. The van der Waals surface area contributed by atoms with Gasteiger partial charge in [0.15, 0.2) is 10.9 Å². The largest absolute Gasteiger partial charge is 0.445 e. The van der Waals surface area contributed by atoms with E-state index >= 15 is 0 Å². The molecule has 2 aromatic heterocycles. The Morgan fingerprint density at radius 2 is 1.91 bits per heavy atom. The summed E-state index contributed by atoms with van der Waals surface area (Å²) in [4.78, 5) is 35.8. The molecule has 0 spiro atoms. The van der Waals surface area contributed by atoms with Crippen molar-refractivity contribution in [1.29, 1.82) is 0 Å². The van der Waals surface area contributed by atoms with Crippen LogP contribution in [0.4, 0.5) is 4.79 Å². The Balaban J connectivity index is 1.52. The first kappa shape index (κ1) is 23.7. The number of halogens is 3. The summed E-state index contributed by atoms with van der Waals surface area (Å²) >= 11 is 18.6. The molecule has 180 valence electrons. The van der Waals surface area contributed by atoms with Crippen LogP contribution in [0.1, 0.15) is 42.2 Å². The molecule has 4 heterocycles. The summed E-state index contributed by atoms with van der Waals surface area (Å²) in [5, 5.41) is 6.77. The summed E-state index contributed by atoms with van der Waals surface area (Å²) < 4.78 is 5.45. The fourth-order valence-corrected chi connectivity index (χ4v) is 5.61. The fraction of sp³-hybridized carbons (Fsp3) is 0.476. The highest BCUT2D eigenvalue weighted by Gasteiger charge is 2.45. The summed E-state index contributed by atoms with van der Waals surface area (Å²) in [5.74, 6) is -0.599. The molecule has 3 aromatic rings. The third kappa shape index (κ3) is 4.25. The van der Waals surface area contributed by atoms with E-state index in [0.29, 0.717) is 28.9 Å². The van der Waals surface area contributed by atoms with E-state index in [1.807, 2.05) is 23.1 Å². The minimum atomic E-state index is -1.66. The van der Waals surface area contributed by atoms with E-state index in [0.717, 1.165) is 23.7 Å². The van der Waals surface area contributed by atoms with Crippen molar-refractivity contribution in [3.63, 3.8) is 0 Å². The third-order valence-corrected chi connectivity index (χ3v) is 7.33. The number of amides is 2. The number of nitrogens with two attached hydrogens (primary N) is 1. The van der Waals surface area contributed by atoms with Crippen LogP contribution in [0.2, 0.25) is 0 Å². The molecule has 13 heteroatoms. The zero-order valence-corrected chi connectivity index (χ0v) is 21.2. The zero-order valence-electron chi connectivity index (χ0n) is 18.1. The molecule has 2 atom stereocenters. The van der Waals surface area contributed by atoms with Crippen LogP contribution < -0.4 is 5.73 Å². The molecule has 2 aliphatic heterocycles. The Kier molecular flexibility index (Phi) is 6.20. The lowest BCUT2D eigenvalue weighted by atomic mass is 9.97. The van der Waals surface area contributed by atoms with Gasteiger partial charge < -0.3 is 15.4 Å². The second kappa shape index (κ2) is 8.89. The average Bonchev–Trinajstić information content (AvgIpc) is 3.32. The molecular weight excluding hydrogens is 523 g/mol. The molecule has 0 radical (unpaired) electrons. The maximum Gasteiger partial charge on any atom is 0.410 e. The molecule has 5 rings (SSSR count). The topological polar surface area (TPSA) is 116 Å². The summed E-state index contributed by atoms with van der Waals surface area (Å²) in [6, 6.07) is 3.56. The van der Waals surface area contributed by atoms with Crippen LogP contribution in [0, 0.1) is 0 Å². The molecule has 2 aliphatic rings. The molecular formula is C21H21Cl3N6O3S. The standard InChI is InChI=1S/C21H21Cl3N6O3S/c1-34-19-26-8-10-2-5-14-16(18(25)31)28-30(17(14)15(10)27-19)13-6-11-3-4-12(7-13)29(11)20(32)33-9-21(22,23)24/h2,5,8,11-13H,3-4,6-7,9H2,1H3,(H2,25,31). The maximum absolute atomic E-state index is 12.7. The maximum atomic E-state index is 12.7. The van der Waals surface area contributed by atoms with Crippen LogP contribution in [0.5, 0.6) is 0 Å². The number of nitrogens with zero attached hydrogens (tertiary/aromatic N) is 5. The molecule has 2 fully saturated rings. The molecule has 2 bridgehead atoms. The second-order valence-corrected chi connectivity index (χ2v) is 11.8. The first-order valence-electron chi connectivity index (χ1n) is 10.7. The number of ether oxygens (including phenoxy) is 1. The summed E-state index contributed by atoms with van der Waals surface area (Å²) in [7, 11) is 0. The Bertz CT molecular complexity index is 1280. The van der Waals surface area contributed by atoms with Crippen molar-refractivity contribution in [2.75, 3.05) is 12.9 Å². The molecule has 2 N–H and O–H groups in total. The van der Waals surface area contributed by atoms with Crippen LogP contribution in [-0.2, 0) is 4.74 Å². The monoisotopic (exact) mass is 542 g/mol. The van der Waals surface area contributed by atoms with Gasteiger partial charge in [-0.15, -0.1) is 0 Å². The number of piperidine rings is 1. The van der Waals surface area contributed by atoms with Gasteiger partial charge >= 0.3 is 6.09 Å². The summed E-state index contributed by atoms with van der Waals surface area (Å²) in [5.41, 5.74) is 7.34. The van der Waals surface area contributed by atoms with E-state index in [1.54, 1.807) is 11.1 Å². The van der Waals surface area contributed by atoms with Crippen molar-refractivity contribution in [2.45, 2.75) is 52.8 Å². The van der Waals surface area contributed by atoms with E-state index < -0.39 is 15.8 Å². The van der Waals surface area contributed by atoms with E-state index in [2.05, 4.69) is 10.1 Å². The molecule has 2 saturated heterocycles. The van der Waals surface area contributed by atoms with Gasteiger partial charge in [-0.25, -0.2) is 14.8 Å². The molecule has 1 aromatic carbocycles. The van der Waals surface area contributed by atoms with Gasteiger partial charge in [-0.1, -0.05) is 52.6 Å². The van der Waals surface area contributed by atoms with Gasteiger partial charge in [0, 0.05) is 29.1 Å². The van der Waals surface area contributed by atoms with Crippen molar-refractivity contribution >= 4 is 80.4 Å². The normalized spacial score (nSPS) is 22.5. The lowest BCUT2D eigenvalue weighted by Gasteiger charge is -2.38. The fourth-order valence-electron chi connectivity index (χ4n) is 5.11. The van der Waals surface area contributed by atoms with Gasteiger partial charge in [0.05, 0.1) is 11.6 Å². The van der Waals surface area contributed by atoms with Crippen molar-refractivity contribution < 1.29 is 14.3 Å². The van der Waals surface area contributed by atoms with Gasteiger partial charge in [-0.3, -0.25) is 9.48 Å². The van der Waals surface area contributed by atoms with Gasteiger partial charge in [0.2, 0.25) is 3.79 Å². The Hall–Kier alpha value is -2.01. The number of benzene rings is 1. The second-order valence-electron chi connectivity index (χ2n) is 8.50. The number of hydrogen-bond acceptors (Lipinski definition) is 7. The van der Waals surface area contributed by atoms with Crippen molar-refractivity contribution in [3.8, 4) is 0 Å². The Morgan fingerprint density at radius 3 is 2.53 bits per heavy atom. The summed E-state index contributed by atoms with van der Waals surface area (Å²) in [6.45, 7) is -0.314. The minimum Gasteiger partial charge on any atom is -0.445 e. The minimum absolute atomic E-state index is 0.0470. The Labute approximate surface area is 214 Å². The number of carbonyl (C=O) groups excluding carboxylic acids is 2. The van der Waals surface area contributed by atoms with Crippen LogP contribution >= 0.6 is 46.6 Å². The number of hydrogen-bond donors (Lipinski definition) is 1. The number of thioether (sulfide) groups is 1. The number of aromatic nitrogens is 4. The first-order chi connectivity index (χ1) is 16.2. The highest BCUT2D eigenvalue weighted by molar-refractivity contribution is 7.98. The highest BCUT2D eigenvalue weighted by Crippen LogP contribution is 2.43. The van der Waals surface area contributed by atoms with E-state index in [1.165, 1.54) is 11.8 Å².